The molecule has 4 nitrogen and oxygen atoms in total. The minimum Gasteiger partial charge on any atom is -0.336 e. The molecule has 0 saturated carbocycles. The number of nitrogens with zero attached hydrogens (tertiary/aromatic N) is 1. The molecule has 2 amide bonds. The van der Waals surface area contributed by atoms with Crippen molar-refractivity contribution in [2.24, 2.45) is 0 Å². The summed E-state index contributed by atoms with van der Waals surface area (Å²) in [6, 6.07) is 0.874. The monoisotopic (exact) mass is 225 g/mol. The Morgan fingerprint density at radius 2 is 2.00 bits per heavy atom. The second-order valence-corrected chi connectivity index (χ2v) is 3.93. The third kappa shape index (κ3) is 3.84. The van der Waals surface area contributed by atoms with Crippen molar-refractivity contribution in [3.05, 3.63) is 29.8 Å². The molecular formula is C11H16FN3O. The van der Waals surface area contributed by atoms with Crippen LogP contribution in [-0.2, 0) is 0 Å². The highest BCUT2D eigenvalue weighted by atomic mass is 19.1. The molecule has 0 fully saturated rings. The average molecular weight is 225 g/mol. The topological polar surface area (TPSA) is 54.0 Å². The molecule has 1 aromatic rings. The van der Waals surface area contributed by atoms with Crippen LogP contribution in [0, 0.1) is 5.82 Å². The number of pyridine rings is 1. The molecule has 1 heterocycles. The van der Waals surface area contributed by atoms with Gasteiger partial charge in [0.25, 0.3) is 0 Å². The fourth-order valence-corrected chi connectivity index (χ4v) is 1.25. The van der Waals surface area contributed by atoms with Gasteiger partial charge in [-0.05, 0) is 32.4 Å². The average Bonchev–Trinajstić information content (AvgIpc) is 2.16. The third-order valence-corrected chi connectivity index (χ3v) is 1.99. The number of rotatable bonds is 3. The van der Waals surface area contributed by atoms with Crippen molar-refractivity contribution < 1.29 is 9.18 Å². The lowest BCUT2D eigenvalue weighted by molar-refractivity contribution is 0.235. The van der Waals surface area contributed by atoms with Crippen molar-refractivity contribution >= 4 is 6.03 Å². The van der Waals surface area contributed by atoms with Gasteiger partial charge < -0.3 is 10.6 Å². The van der Waals surface area contributed by atoms with Gasteiger partial charge in [-0.1, -0.05) is 0 Å². The summed E-state index contributed by atoms with van der Waals surface area (Å²) in [6.07, 6.45) is 2.66. The molecule has 2 N–H and O–H groups in total. The first kappa shape index (κ1) is 12.4. The number of halogens is 1. The van der Waals surface area contributed by atoms with Gasteiger partial charge in [0.05, 0.1) is 12.2 Å². The summed E-state index contributed by atoms with van der Waals surface area (Å²) in [6.45, 7) is 5.51. The van der Waals surface area contributed by atoms with Gasteiger partial charge in [-0.25, -0.2) is 9.18 Å². The minimum absolute atomic E-state index is 0.0674. The fourth-order valence-electron chi connectivity index (χ4n) is 1.25. The van der Waals surface area contributed by atoms with E-state index in [0.717, 1.165) is 6.20 Å². The Morgan fingerprint density at radius 3 is 2.56 bits per heavy atom. The summed E-state index contributed by atoms with van der Waals surface area (Å²) >= 11 is 0. The lowest BCUT2D eigenvalue weighted by Crippen LogP contribution is -2.40. The maximum absolute atomic E-state index is 12.9. The molecular weight excluding hydrogens is 209 g/mol. The zero-order valence-corrected chi connectivity index (χ0v) is 9.62. The van der Waals surface area contributed by atoms with Crippen LogP contribution in [0.3, 0.4) is 0 Å². The van der Waals surface area contributed by atoms with Crippen LogP contribution in [0.5, 0.6) is 0 Å². The van der Waals surface area contributed by atoms with E-state index >= 15 is 0 Å². The Labute approximate surface area is 94.3 Å². The summed E-state index contributed by atoms with van der Waals surface area (Å²) in [5.41, 5.74) is 0.638. The van der Waals surface area contributed by atoms with E-state index in [2.05, 4.69) is 15.6 Å². The van der Waals surface area contributed by atoms with Crippen molar-refractivity contribution in [3.63, 3.8) is 0 Å². The normalized spacial score (nSPS) is 12.3. The molecule has 0 radical (unpaired) electrons. The number of carbonyl (C=O) groups excluding carboxylic acids is 1. The van der Waals surface area contributed by atoms with E-state index < -0.39 is 5.82 Å². The largest absolute Gasteiger partial charge is 0.336 e. The van der Waals surface area contributed by atoms with Crippen LogP contribution < -0.4 is 10.6 Å². The first-order valence-electron chi connectivity index (χ1n) is 5.16. The van der Waals surface area contributed by atoms with Crippen LogP contribution in [0.2, 0.25) is 0 Å². The van der Waals surface area contributed by atoms with E-state index in [1.165, 1.54) is 12.3 Å². The summed E-state index contributed by atoms with van der Waals surface area (Å²) in [4.78, 5) is 15.1. The predicted octanol–water partition coefficient (Wildman–Crippen LogP) is 1.99. The maximum Gasteiger partial charge on any atom is 0.315 e. The molecule has 0 saturated heterocycles. The molecule has 0 bridgehead atoms. The number of carbonyl (C=O) groups is 1. The molecule has 0 spiro atoms. The Bertz CT molecular complexity index is 368. The molecule has 0 aliphatic carbocycles. The van der Waals surface area contributed by atoms with E-state index in [1.807, 2.05) is 13.8 Å². The van der Waals surface area contributed by atoms with Crippen molar-refractivity contribution in [3.8, 4) is 0 Å². The quantitative estimate of drug-likeness (QED) is 0.826. The van der Waals surface area contributed by atoms with E-state index in [1.54, 1.807) is 6.92 Å². The van der Waals surface area contributed by atoms with Crippen molar-refractivity contribution in [2.45, 2.75) is 32.9 Å². The zero-order valence-electron chi connectivity index (χ0n) is 9.62. The molecule has 1 aromatic heterocycles. The van der Waals surface area contributed by atoms with Gasteiger partial charge >= 0.3 is 6.03 Å². The Morgan fingerprint density at radius 1 is 1.31 bits per heavy atom. The van der Waals surface area contributed by atoms with Gasteiger partial charge in [0, 0.05) is 12.2 Å². The first-order chi connectivity index (χ1) is 7.49. The minimum atomic E-state index is -0.407. The van der Waals surface area contributed by atoms with Gasteiger partial charge in [0.15, 0.2) is 0 Å². The molecule has 0 aliphatic heterocycles. The van der Waals surface area contributed by atoms with Gasteiger partial charge in [-0.3, -0.25) is 4.98 Å². The van der Waals surface area contributed by atoms with E-state index in [9.17, 15) is 9.18 Å². The van der Waals surface area contributed by atoms with Crippen LogP contribution in [0.15, 0.2) is 18.5 Å². The van der Waals surface area contributed by atoms with Crippen molar-refractivity contribution in [1.82, 2.24) is 15.6 Å². The molecule has 16 heavy (non-hydrogen) atoms. The number of aromatic nitrogens is 1. The lowest BCUT2D eigenvalue weighted by Gasteiger charge is -2.16. The summed E-state index contributed by atoms with van der Waals surface area (Å²) in [7, 11) is 0. The van der Waals surface area contributed by atoms with Gasteiger partial charge in [-0.2, -0.15) is 0 Å². The van der Waals surface area contributed by atoms with Crippen LogP contribution in [-0.4, -0.2) is 17.1 Å². The van der Waals surface area contributed by atoms with Crippen LogP contribution in [0.25, 0.3) is 0 Å². The number of amides is 2. The summed E-state index contributed by atoms with van der Waals surface area (Å²) < 4.78 is 12.9. The first-order valence-corrected chi connectivity index (χ1v) is 5.16. The van der Waals surface area contributed by atoms with Gasteiger partial charge in [-0.15, -0.1) is 0 Å². The molecule has 0 aromatic carbocycles. The van der Waals surface area contributed by atoms with Crippen LogP contribution in [0.1, 0.15) is 32.4 Å². The lowest BCUT2D eigenvalue weighted by atomic mass is 10.1. The Kier molecular flexibility index (Phi) is 4.22. The maximum atomic E-state index is 12.9. The highest BCUT2D eigenvalue weighted by molar-refractivity contribution is 5.74. The predicted molar refractivity (Wildman–Crippen MR) is 59.4 cm³/mol. The molecule has 1 atom stereocenters. The van der Waals surface area contributed by atoms with Gasteiger partial charge in [0.2, 0.25) is 0 Å². The second-order valence-electron chi connectivity index (χ2n) is 3.93. The van der Waals surface area contributed by atoms with E-state index in [4.69, 9.17) is 0 Å². The highest BCUT2D eigenvalue weighted by Gasteiger charge is 2.10. The smallest absolute Gasteiger partial charge is 0.315 e. The van der Waals surface area contributed by atoms with E-state index in [0.29, 0.717) is 5.56 Å². The van der Waals surface area contributed by atoms with E-state index in [-0.39, 0.29) is 18.1 Å². The zero-order chi connectivity index (χ0) is 12.1. The third-order valence-electron chi connectivity index (χ3n) is 1.99. The SMILES string of the molecule is CC(C)NC(=O)N[C@@H](C)c1cncc(F)c1. The Hall–Kier alpha value is -1.65. The Balaban J connectivity index is 2.58. The summed E-state index contributed by atoms with van der Waals surface area (Å²) in [5, 5.41) is 5.39. The number of urea groups is 1. The fraction of sp³-hybridized carbons (Fsp3) is 0.455. The molecule has 88 valence electrons. The van der Waals surface area contributed by atoms with Gasteiger partial charge in [0.1, 0.15) is 5.82 Å². The molecule has 1 rings (SSSR count). The number of nitrogens with one attached hydrogen (secondary N) is 2. The van der Waals surface area contributed by atoms with Crippen molar-refractivity contribution in [2.75, 3.05) is 0 Å². The van der Waals surface area contributed by atoms with Crippen LogP contribution >= 0.6 is 0 Å². The standard InChI is InChI=1S/C11H16FN3O/c1-7(2)14-11(16)15-8(3)9-4-10(12)6-13-5-9/h4-8H,1-3H3,(H2,14,15,16)/t8-/m0/s1. The number of hydrogen-bond acceptors (Lipinski definition) is 2. The van der Waals surface area contributed by atoms with Crippen LogP contribution in [0.4, 0.5) is 9.18 Å². The summed E-state index contributed by atoms with van der Waals surface area (Å²) in [5.74, 6) is -0.407. The highest BCUT2D eigenvalue weighted by Crippen LogP contribution is 2.11. The van der Waals surface area contributed by atoms with Crippen molar-refractivity contribution in [1.29, 1.82) is 0 Å². The molecule has 0 aliphatic rings. The molecule has 0 unspecified atom stereocenters. The molecule has 5 heteroatoms. The number of hydrogen-bond donors (Lipinski definition) is 2. The second kappa shape index (κ2) is 5.44.